The van der Waals surface area contributed by atoms with Gasteiger partial charge < -0.3 is 20.4 Å². The maximum absolute atomic E-state index is 10.1. The molecule has 0 aliphatic carbocycles. The van der Waals surface area contributed by atoms with Gasteiger partial charge in [0, 0.05) is 82.5 Å². The molecule has 3 aromatic heterocycles. The van der Waals surface area contributed by atoms with Crippen LogP contribution in [0.2, 0.25) is 14.8 Å². The summed E-state index contributed by atoms with van der Waals surface area (Å²) in [5.41, 5.74) is 2.31. The molecule has 0 radical (unpaired) electrons. The number of guanidine groups is 1. The second-order valence-corrected chi connectivity index (χ2v) is 12.8. The summed E-state index contributed by atoms with van der Waals surface area (Å²) in [6.07, 6.45) is 5.72. The van der Waals surface area contributed by atoms with Crippen molar-refractivity contribution in [2.75, 3.05) is 39.5 Å². The monoisotopic (exact) mass is 713 g/mol. The van der Waals surface area contributed by atoms with Gasteiger partial charge in [-0.2, -0.15) is 0 Å². The van der Waals surface area contributed by atoms with E-state index in [4.69, 9.17) is 34.8 Å². The number of thioether (sulfide) groups is 1. The second-order valence-electron chi connectivity index (χ2n) is 9.22. The van der Waals surface area contributed by atoms with Crippen molar-refractivity contribution in [2.45, 2.75) is 33.0 Å². The summed E-state index contributed by atoms with van der Waals surface area (Å²) in [7, 11) is 3.63. The molecule has 0 amide bonds. The molecule has 5 heterocycles. The summed E-state index contributed by atoms with van der Waals surface area (Å²) in [4.78, 5) is 35.9. The Morgan fingerprint density at radius 2 is 1.67 bits per heavy atom. The van der Waals surface area contributed by atoms with Gasteiger partial charge in [-0.05, 0) is 23.3 Å². The van der Waals surface area contributed by atoms with E-state index >= 15 is 0 Å². The molecule has 0 spiro atoms. The molecule has 0 bridgehead atoms. The molecule has 2 aliphatic heterocycles. The number of thiazole rings is 1. The molecule has 2 aliphatic rings. The van der Waals surface area contributed by atoms with Crippen molar-refractivity contribution in [3.05, 3.63) is 83.7 Å². The van der Waals surface area contributed by atoms with E-state index in [-0.39, 0.29) is 0 Å². The fourth-order valence-electron chi connectivity index (χ4n) is 4.01. The number of hydrogen-bond acceptors (Lipinski definition) is 9. The van der Waals surface area contributed by atoms with Crippen molar-refractivity contribution >= 4 is 74.9 Å². The number of pyridine rings is 2. The number of nitrogens with zero attached hydrogens (tertiary/aromatic N) is 9. The van der Waals surface area contributed by atoms with E-state index in [9.17, 15) is 10.1 Å². The summed E-state index contributed by atoms with van der Waals surface area (Å²) in [5.74, 6) is 2.41. The standard InChI is InChI=1S/C10H13ClN4.C10H12ClN3S.C7H9ClN4O2S/c1-12-10-13-4-5-15(10)7-8-2-3-9(11)14-6-8;1-12-10-14(4-5-15-10)7-8-2-3-9(11)13-6-8;1-2-6(11-12(13)14)9-3-5-4-10-7(8)15-5/h2-3,6H,4-5,7H2,1H3,(H,12,13);2-3,6H,4-5,7H2,1H3;4H,2-3H2,1H3,(H,9,11). The number of aliphatic imine (C=N–C) groups is 2. The first kappa shape index (κ1) is 36.2. The first-order chi connectivity index (χ1) is 21.7. The predicted octanol–water partition coefficient (Wildman–Crippen LogP) is 5.28. The van der Waals surface area contributed by atoms with Crippen LogP contribution in [0.25, 0.3) is 0 Å². The van der Waals surface area contributed by atoms with E-state index < -0.39 is 5.03 Å². The molecule has 45 heavy (non-hydrogen) atoms. The van der Waals surface area contributed by atoms with Crippen molar-refractivity contribution < 1.29 is 5.03 Å². The van der Waals surface area contributed by atoms with Crippen LogP contribution in [-0.2, 0) is 19.6 Å². The number of nitro groups is 1. The smallest absolute Gasteiger partial charge is 0.194 e. The van der Waals surface area contributed by atoms with Gasteiger partial charge in [-0.1, -0.05) is 65.6 Å². The average molecular weight is 715 g/mol. The van der Waals surface area contributed by atoms with Gasteiger partial charge in [-0.25, -0.2) is 25.1 Å². The molecule has 2 saturated heterocycles. The van der Waals surface area contributed by atoms with Crippen LogP contribution in [-0.4, -0.2) is 86.2 Å². The van der Waals surface area contributed by atoms with Gasteiger partial charge in [0.25, 0.3) is 0 Å². The third-order valence-corrected chi connectivity index (χ3v) is 8.73. The molecular formula is C27H34Cl3N11O2S2. The van der Waals surface area contributed by atoms with E-state index in [1.54, 1.807) is 38.1 Å². The molecule has 2 N–H and O–H groups in total. The minimum Gasteiger partial charge on any atom is -0.363 e. The van der Waals surface area contributed by atoms with Gasteiger partial charge in [0.2, 0.25) is 0 Å². The number of rotatable bonds is 8. The van der Waals surface area contributed by atoms with E-state index in [1.807, 2.05) is 37.5 Å². The third kappa shape index (κ3) is 13.0. The van der Waals surface area contributed by atoms with Crippen LogP contribution in [0.15, 0.2) is 57.9 Å². The van der Waals surface area contributed by atoms with Crippen LogP contribution in [0.4, 0.5) is 0 Å². The molecule has 3 aromatic rings. The minimum atomic E-state index is -0.717. The number of halogens is 3. The minimum absolute atomic E-state index is 0.338. The molecule has 242 valence electrons. The number of amidine groups is 2. The Morgan fingerprint density at radius 1 is 1.00 bits per heavy atom. The molecule has 0 unspecified atom stereocenters. The number of hydrazone groups is 1. The molecular weight excluding hydrogens is 681 g/mol. The summed E-state index contributed by atoms with van der Waals surface area (Å²) in [6.45, 7) is 6.91. The summed E-state index contributed by atoms with van der Waals surface area (Å²) in [5, 5.41) is 20.9. The molecule has 13 nitrogen and oxygen atoms in total. The SMILES string of the molecule is CC/C(=N\[N+](=O)[O-])NCc1cnc(Cl)s1.CN=C1NCCN1Cc1ccc(Cl)nc1.CN=C1SCCN1Cc1ccc(Cl)nc1. The normalized spacial score (nSPS) is 16.2. The Labute approximate surface area is 285 Å². The quantitative estimate of drug-likeness (QED) is 0.104. The van der Waals surface area contributed by atoms with Gasteiger partial charge >= 0.3 is 0 Å². The lowest BCUT2D eigenvalue weighted by molar-refractivity contribution is -0.485. The van der Waals surface area contributed by atoms with Crippen LogP contribution in [0, 0.1) is 10.1 Å². The van der Waals surface area contributed by atoms with Crippen LogP contribution in [0.3, 0.4) is 0 Å². The Bertz CT molecular complexity index is 1380. The lowest BCUT2D eigenvalue weighted by Gasteiger charge is -2.17. The second kappa shape index (κ2) is 19.3. The van der Waals surface area contributed by atoms with E-state index in [0.29, 0.717) is 33.6 Å². The Morgan fingerprint density at radius 3 is 2.18 bits per heavy atom. The largest absolute Gasteiger partial charge is 0.363 e. The van der Waals surface area contributed by atoms with Gasteiger partial charge in [0.15, 0.2) is 26.5 Å². The van der Waals surface area contributed by atoms with E-state index in [0.717, 1.165) is 60.0 Å². The molecule has 5 rings (SSSR count). The molecule has 18 heteroatoms. The zero-order valence-electron chi connectivity index (χ0n) is 25.0. The highest BCUT2D eigenvalue weighted by Crippen LogP contribution is 2.20. The molecule has 2 fully saturated rings. The van der Waals surface area contributed by atoms with Gasteiger partial charge in [-0.3, -0.25) is 9.98 Å². The highest BCUT2D eigenvalue weighted by Gasteiger charge is 2.19. The maximum atomic E-state index is 10.1. The summed E-state index contributed by atoms with van der Waals surface area (Å²) in [6, 6.07) is 7.62. The Hall–Kier alpha value is -3.24. The van der Waals surface area contributed by atoms with E-state index in [2.05, 4.69) is 50.5 Å². The molecule has 0 aromatic carbocycles. The Kier molecular flexibility index (Phi) is 15.6. The van der Waals surface area contributed by atoms with Gasteiger partial charge in [0.1, 0.15) is 10.3 Å². The lowest BCUT2D eigenvalue weighted by atomic mass is 10.3. The lowest BCUT2D eigenvalue weighted by Crippen LogP contribution is -2.29. The maximum Gasteiger partial charge on any atom is 0.194 e. The van der Waals surface area contributed by atoms with Crippen molar-refractivity contribution in [3.8, 4) is 0 Å². The van der Waals surface area contributed by atoms with Crippen LogP contribution in [0.1, 0.15) is 29.3 Å². The fourth-order valence-corrected chi connectivity index (χ4v) is 6.11. The van der Waals surface area contributed by atoms with Crippen LogP contribution < -0.4 is 10.6 Å². The Balaban J connectivity index is 0.000000184. The zero-order chi connectivity index (χ0) is 32.6. The first-order valence-corrected chi connectivity index (χ1v) is 16.7. The van der Waals surface area contributed by atoms with Crippen molar-refractivity contribution in [2.24, 2.45) is 15.1 Å². The van der Waals surface area contributed by atoms with E-state index in [1.165, 1.54) is 16.9 Å². The fraction of sp³-hybridized carbons (Fsp3) is 0.407. The number of hydrogen-bond donors (Lipinski definition) is 2. The highest BCUT2D eigenvalue weighted by molar-refractivity contribution is 8.14. The zero-order valence-corrected chi connectivity index (χ0v) is 28.9. The number of aromatic nitrogens is 3. The van der Waals surface area contributed by atoms with Gasteiger partial charge in [0.05, 0.1) is 11.6 Å². The van der Waals surface area contributed by atoms with Crippen molar-refractivity contribution in [1.82, 2.24) is 35.4 Å². The molecule has 0 saturated carbocycles. The van der Waals surface area contributed by atoms with Crippen LogP contribution >= 0.6 is 57.9 Å². The average Bonchev–Trinajstić information content (AvgIpc) is 3.79. The van der Waals surface area contributed by atoms with Gasteiger partial charge in [-0.15, -0.1) is 11.3 Å². The number of nitrogens with one attached hydrogen (secondary N) is 2. The van der Waals surface area contributed by atoms with Crippen molar-refractivity contribution in [3.63, 3.8) is 0 Å². The molecule has 0 atom stereocenters. The topological polar surface area (TPSA) is 149 Å². The van der Waals surface area contributed by atoms with Crippen molar-refractivity contribution in [1.29, 1.82) is 0 Å². The highest BCUT2D eigenvalue weighted by atomic mass is 35.5. The predicted molar refractivity (Wildman–Crippen MR) is 185 cm³/mol. The first-order valence-electron chi connectivity index (χ1n) is 13.8. The summed E-state index contributed by atoms with van der Waals surface area (Å²) < 4.78 is 0.455. The third-order valence-electron chi connectivity index (χ3n) is 6.08. The summed E-state index contributed by atoms with van der Waals surface area (Å²) >= 11 is 20.2. The van der Waals surface area contributed by atoms with Crippen LogP contribution in [0.5, 0.6) is 0 Å².